The highest BCUT2D eigenvalue weighted by atomic mass is 16.2. The summed E-state index contributed by atoms with van der Waals surface area (Å²) in [5.41, 5.74) is 3.90. The van der Waals surface area contributed by atoms with Crippen molar-refractivity contribution in [3.63, 3.8) is 0 Å². The summed E-state index contributed by atoms with van der Waals surface area (Å²) in [5, 5.41) is 6.88. The summed E-state index contributed by atoms with van der Waals surface area (Å²) in [7, 11) is 0. The maximum absolute atomic E-state index is 13.2. The Bertz CT molecular complexity index is 1330. The van der Waals surface area contributed by atoms with E-state index in [9.17, 15) is 9.59 Å². The van der Waals surface area contributed by atoms with Gasteiger partial charge in [-0.25, -0.2) is 4.98 Å². The van der Waals surface area contributed by atoms with Gasteiger partial charge in [0.2, 0.25) is 5.95 Å². The molecule has 2 amide bonds. The standard InChI is InChI=1S/C24H25N5O2/c1-14(2)28-19-7-5-4-6-18(19)26-24(28)27-22(30)17-9-8-16-12-21-23(31)25-11-10-15(3)29(21)20(16)13-17/h4-9,12-15H,10-11H2,1-3H3,(H,25,31)(H,26,27,30). The molecule has 0 saturated heterocycles. The van der Waals surface area contributed by atoms with Crippen molar-refractivity contribution < 1.29 is 9.59 Å². The van der Waals surface area contributed by atoms with Gasteiger partial charge < -0.3 is 14.5 Å². The SMILES string of the molecule is CC(C)n1c(NC(=O)c2ccc3cc4n(c3c2)C(C)CCNC4=O)nc2ccccc21. The van der Waals surface area contributed by atoms with Gasteiger partial charge in [-0.05, 0) is 57.5 Å². The topological polar surface area (TPSA) is 81.0 Å². The second kappa shape index (κ2) is 7.27. The third-order valence-corrected chi connectivity index (χ3v) is 5.96. The van der Waals surface area contributed by atoms with E-state index in [1.54, 1.807) is 6.07 Å². The summed E-state index contributed by atoms with van der Waals surface area (Å²) in [6.45, 7) is 6.88. The van der Waals surface area contributed by atoms with Gasteiger partial charge in [0.05, 0.1) is 11.0 Å². The number of nitrogens with zero attached hydrogens (tertiary/aromatic N) is 3. The smallest absolute Gasteiger partial charge is 0.267 e. The van der Waals surface area contributed by atoms with Gasteiger partial charge in [-0.1, -0.05) is 18.2 Å². The third-order valence-electron chi connectivity index (χ3n) is 5.96. The number of imidazole rings is 1. The maximum Gasteiger partial charge on any atom is 0.267 e. The predicted molar refractivity (Wildman–Crippen MR) is 122 cm³/mol. The lowest BCUT2D eigenvalue weighted by atomic mass is 10.1. The van der Waals surface area contributed by atoms with Gasteiger partial charge in [0.15, 0.2) is 0 Å². The zero-order chi connectivity index (χ0) is 21.7. The number of rotatable bonds is 3. The molecule has 2 aromatic carbocycles. The van der Waals surface area contributed by atoms with E-state index >= 15 is 0 Å². The van der Waals surface area contributed by atoms with E-state index in [0.717, 1.165) is 28.4 Å². The molecule has 1 aliphatic rings. The minimum Gasteiger partial charge on any atom is -0.351 e. The van der Waals surface area contributed by atoms with Crippen LogP contribution in [0.4, 0.5) is 5.95 Å². The van der Waals surface area contributed by atoms with Crippen LogP contribution in [0.5, 0.6) is 0 Å². The lowest BCUT2D eigenvalue weighted by Gasteiger charge is -2.15. The first-order valence-electron chi connectivity index (χ1n) is 10.7. The van der Waals surface area contributed by atoms with Crippen molar-refractivity contribution >= 4 is 39.7 Å². The molecule has 0 aliphatic carbocycles. The molecule has 1 unspecified atom stereocenters. The summed E-state index contributed by atoms with van der Waals surface area (Å²) in [6, 6.07) is 15.6. The van der Waals surface area contributed by atoms with Crippen LogP contribution in [0.1, 0.15) is 60.1 Å². The quantitative estimate of drug-likeness (QED) is 0.516. The Kier molecular flexibility index (Phi) is 4.54. The molecule has 0 saturated carbocycles. The molecule has 0 spiro atoms. The number of aromatic nitrogens is 3. The fraction of sp³-hybridized carbons (Fsp3) is 0.292. The second-order valence-electron chi connectivity index (χ2n) is 8.41. The number of benzene rings is 2. The van der Waals surface area contributed by atoms with Gasteiger partial charge in [-0.15, -0.1) is 0 Å². The fourth-order valence-corrected chi connectivity index (χ4v) is 4.46. The van der Waals surface area contributed by atoms with Gasteiger partial charge in [0, 0.05) is 35.1 Å². The van der Waals surface area contributed by atoms with Crippen LogP contribution in [0.3, 0.4) is 0 Å². The minimum atomic E-state index is -0.222. The fourth-order valence-electron chi connectivity index (χ4n) is 4.46. The molecule has 0 radical (unpaired) electrons. The zero-order valence-corrected chi connectivity index (χ0v) is 17.8. The van der Waals surface area contributed by atoms with Gasteiger partial charge in [0.1, 0.15) is 5.69 Å². The summed E-state index contributed by atoms with van der Waals surface area (Å²) >= 11 is 0. The van der Waals surface area contributed by atoms with Crippen LogP contribution in [0, 0.1) is 0 Å². The van der Waals surface area contributed by atoms with E-state index in [0.29, 0.717) is 23.8 Å². The van der Waals surface area contributed by atoms with Crippen molar-refractivity contribution in [1.29, 1.82) is 0 Å². The molecule has 2 aromatic heterocycles. The molecule has 7 nitrogen and oxygen atoms in total. The molecule has 3 heterocycles. The molecule has 2 N–H and O–H groups in total. The number of carbonyl (C=O) groups is 2. The van der Waals surface area contributed by atoms with Crippen molar-refractivity contribution in [2.75, 3.05) is 11.9 Å². The average Bonchev–Trinajstić information content (AvgIpc) is 3.27. The van der Waals surface area contributed by atoms with E-state index in [4.69, 9.17) is 0 Å². The Balaban J connectivity index is 1.55. The van der Waals surface area contributed by atoms with Crippen molar-refractivity contribution in [2.45, 2.75) is 39.3 Å². The Morgan fingerprint density at radius 3 is 2.77 bits per heavy atom. The molecular weight excluding hydrogens is 390 g/mol. The lowest BCUT2D eigenvalue weighted by molar-refractivity contribution is 0.0950. The van der Waals surface area contributed by atoms with Gasteiger partial charge >= 0.3 is 0 Å². The number of hydrogen-bond donors (Lipinski definition) is 2. The van der Waals surface area contributed by atoms with E-state index in [1.807, 2.05) is 51.6 Å². The maximum atomic E-state index is 13.2. The summed E-state index contributed by atoms with van der Waals surface area (Å²) in [6.07, 6.45) is 0.845. The highest BCUT2D eigenvalue weighted by molar-refractivity contribution is 6.07. The van der Waals surface area contributed by atoms with Crippen molar-refractivity contribution in [3.8, 4) is 0 Å². The molecular formula is C24H25N5O2. The number of carbonyl (C=O) groups excluding carboxylic acids is 2. The first-order valence-corrected chi connectivity index (χ1v) is 10.7. The second-order valence-corrected chi connectivity index (χ2v) is 8.41. The molecule has 4 aromatic rings. The minimum absolute atomic E-state index is 0.0720. The molecule has 7 heteroatoms. The Morgan fingerprint density at radius 2 is 1.97 bits per heavy atom. The molecule has 0 fully saturated rings. The normalized spacial score (nSPS) is 16.4. The summed E-state index contributed by atoms with van der Waals surface area (Å²) < 4.78 is 4.07. The van der Waals surface area contributed by atoms with Crippen LogP contribution in [-0.4, -0.2) is 32.5 Å². The number of amides is 2. The molecule has 5 rings (SSSR count). The van der Waals surface area contributed by atoms with Gasteiger partial charge in [-0.2, -0.15) is 0 Å². The molecule has 31 heavy (non-hydrogen) atoms. The molecule has 1 aliphatic heterocycles. The van der Waals surface area contributed by atoms with E-state index < -0.39 is 0 Å². The van der Waals surface area contributed by atoms with Crippen LogP contribution in [-0.2, 0) is 0 Å². The third kappa shape index (κ3) is 3.17. The number of fused-ring (bicyclic) bond motifs is 4. The number of para-hydroxylation sites is 2. The monoisotopic (exact) mass is 415 g/mol. The average molecular weight is 415 g/mol. The largest absolute Gasteiger partial charge is 0.351 e. The van der Waals surface area contributed by atoms with Gasteiger partial charge in [-0.3, -0.25) is 14.9 Å². The van der Waals surface area contributed by atoms with Crippen LogP contribution < -0.4 is 10.6 Å². The highest BCUT2D eigenvalue weighted by Gasteiger charge is 2.23. The Morgan fingerprint density at radius 1 is 1.16 bits per heavy atom. The van der Waals surface area contributed by atoms with Crippen LogP contribution in [0.25, 0.3) is 21.9 Å². The predicted octanol–water partition coefficient (Wildman–Crippen LogP) is 4.52. The summed E-state index contributed by atoms with van der Waals surface area (Å²) in [5.74, 6) is 0.237. The number of anilines is 1. The molecule has 0 bridgehead atoms. The number of nitrogens with one attached hydrogen (secondary N) is 2. The highest BCUT2D eigenvalue weighted by Crippen LogP contribution is 2.29. The van der Waals surface area contributed by atoms with E-state index in [2.05, 4.69) is 36.4 Å². The molecule has 158 valence electrons. The van der Waals surface area contributed by atoms with Crippen molar-refractivity contribution in [1.82, 2.24) is 19.4 Å². The first-order chi connectivity index (χ1) is 14.9. The van der Waals surface area contributed by atoms with Crippen LogP contribution in [0.15, 0.2) is 48.5 Å². The Hall–Kier alpha value is -3.61. The van der Waals surface area contributed by atoms with Crippen molar-refractivity contribution in [3.05, 3.63) is 59.8 Å². The first kappa shape index (κ1) is 19.4. The van der Waals surface area contributed by atoms with E-state index in [-0.39, 0.29) is 23.9 Å². The van der Waals surface area contributed by atoms with Crippen LogP contribution >= 0.6 is 0 Å². The van der Waals surface area contributed by atoms with Gasteiger partial charge in [0.25, 0.3) is 11.8 Å². The lowest BCUT2D eigenvalue weighted by Crippen LogP contribution is -2.22. The molecule has 1 atom stereocenters. The Labute approximate surface area is 180 Å². The van der Waals surface area contributed by atoms with Crippen molar-refractivity contribution in [2.24, 2.45) is 0 Å². The summed E-state index contributed by atoms with van der Waals surface area (Å²) in [4.78, 5) is 30.2. The van der Waals surface area contributed by atoms with Crippen LogP contribution in [0.2, 0.25) is 0 Å². The number of hydrogen-bond acceptors (Lipinski definition) is 3. The van der Waals surface area contributed by atoms with E-state index in [1.165, 1.54) is 0 Å². The zero-order valence-electron chi connectivity index (χ0n) is 17.8.